The molecule has 192 valence electrons. The van der Waals surface area contributed by atoms with Crippen molar-refractivity contribution in [3.8, 4) is 5.75 Å². The van der Waals surface area contributed by atoms with E-state index in [4.69, 9.17) is 9.47 Å². The molecule has 1 atom stereocenters. The average Bonchev–Trinajstić information content (AvgIpc) is 2.74. The van der Waals surface area contributed by atoms with Gasteiger partial charge in [0.25, 0.3) is 0 Å². The Kier molecular flexibility index (Phi) is 7.93. The number of rotatable bonds is 6. The molecule has 0 bridgehead atoms. The molecule has 11 heteroatoms. The highest BCUT2D eigenvalue weighted by Gasteiger charge is 2.36. The first-order valence-electron chi connectivity index (χ1n) is 10.9. The summed E-state index contributed by atoms with van der Waals surface area (Å²) >= 11 is 2.99. The van der Waals surface area contributed by atoms with Crippen molar-refractivity contribution < 1.29 is 35.9 Å². The van der Waals surface area contributed by atoms with Crippen molar-refractivity contribution in [1.82, 2.24) is 4.31 Å². The summed E-state index contributed by atoms with van der Waals surface area (Å²) in [7, 11) is -2.90. The minimum atomic E-state index is -4.69. The van der Waals surface area contributed by atoms with Crippen LogP contribution in [0.2, 0.25) is 0 Å². The van der Waals surface area contributed by atoms with Crippen LogP contribution in [-0.2, 0) is 32.2 Å². The molecule has 0 N–H and O–H groups in total. The number of fused-ring (bicyclic) bond motifs is 1. The minimum Gasteiger partial charge on any atom is -0.482 e. The van der Waals surface area contributed by atoms with Gasteiger partial charge in [0.05, 0.1) is 16.5 Å². The number of sulfonamides is 1. The molecule has 3 rings (SSSR count). The standard InChI is InChI=1S/C24H27BrF3NO5S/c1-23(2,3)34-22(30)14-33-21-10-6-7-18-19(21)8-5-9-20(18)29(4)35(31,32)17-12-15(24(26,27)28)11-16(25)13-17/h6-7,10-13,20H,5,8-9,14H2,1-4H3/t20-/m1/s1. The van der Waals surface area contributed by atoms with Gasteiger partial charge in [-0.2, -0.15) is 17.5 Å². The van der Waals surface area contributed by atoms with E-state index in [1.54, 1.807) is 39.0 Å². The number of hydrogen-bond acceptors (Lipinski definition) is 5. The predicted molar refractivity (Wildman–Crippen MR) is 128 cm³/mol. The predicted octanol–water partition coefficient (Wildman–Crippen LogP) is 5.89. The first kappa shape index (κ1) is 27.5. The van der Waals surface area contributed by atoms with Crippen molar-refractivity contribution in [2.45, 2.75) is 62.7 Å². The second kappa shape index (κ2) is 10.1. The zero-order chi connectivity index (χ0) is 26.2. The minimum absolute atomic E-state index is 0.0150. The van der Waals surface area contributed by atoms with Gasteiger partial charge in [0.2, 0.25) is 10.0 Å². The monoisotopic (exact) mass is 577 g/mol. The molecule has 1 aliphatic carbocycles. The summed E-state index contributed by atoms with van der Waals surface area (Å²) in [5.41, 5.74) is -0.257. The molecule has 6 nitrogen and oxygen atoms in total. The molecule has 0 aliphatic heterocycles. The smallest absolute Gasteiger partial charge is 0.416 e. The van der Waals surface area contributed by atoms with Crippen LogP contribution in [0.15, 0.2) is 45.8 Å². The number of esters is 1. The Balaban J connectivity index is 1.90. The van der Waals surface area contributed by atoms with Crippen LogP contribution in [0.3, 0.4) is 0 Å². The van der Waals surface area contributed by atoms with Crippen LogP contribution in [-0.4, -0.2) is 37.9 Å². The molecule has 0 saturated carbocycles. The molecule has 35 heavy (non-hydrogen) atoms. The molecule has 2 aromatic rings. The number of benzene rings is 2. The number of carbonyl (C=O) groups excluding carboxylic acids is 1. The van der Waals surface area contributed by atoms with Crippen molar-refractivity contribution >= 4 is 31.9 Å². The van der Waals surface area contributed by atoms with Gasteiger partial charge in [0.15, 0.2) is 6.61 Å². The molecular weight excluding hydrogens is 551 g/mol. The highest BCUT2D eigenvalue weighted by atomic mass is 79.9. The molecule has 0 heterocycles. The molecule has 0 unspecified atom stereocenters. The lowest BCUT2D eigenvalue weighted by Crippen LogP contribution is -2.34. The van der Waals surface area contributed by atoms with E-state index in [-0.39, 0.29) is 11.1 Å². The third-order valence-corrected chi connectivity index (χ3v) is 7.81. The number of halogens is 4. The van der Waals surface area contributed by atoms with Crippen LogP contribution in [0, 0.1) is 0 Å². The van der Waals surface area contributed by atoms with E-state index < -0.39 is 44.3 Å². The first-order chi connectivity index (χ1) is 16.1. The fourth-order valence-corrected chi connectivity index (χ4v) is 6.10. The summed E-state index contributed by atoms with van der Waals surface area (Å²) in [4.78, 5) is 11.6. The lowest BCUT2D eigenvalue weighted by molar-refractivity contribution is -0.157. The molecule has 0 amide bonds. The molecule has 0 saturated heterocycles. The van der Waals surface area contributed by atoms with Gasteiger partial charge in [0.1, 0.15) is 11.4 Å². The Bertz CT molecular complexity index is 1210. The van der Waals surface area contributed by atoms with Crippen molar-refractivity contribution in [1.29, 1.82) is 0 Å². The van der Waals surface area contributed by atoms with Gasteiger partial charge < -0.3 is 9.47 Å². The van der Waals surface area contributed by atoms with Gasteiger partial charge in [-0.3, -0.25) is 0 Å². The second-order valence-electron chi connectivity index (χ2n) is 9.30. The molecule has 0 radical (unpaired) electrons. The fraction of sp³-hybridized carbons (Fsp3) is 0.458. The van der Waals surface area contributed by atoms with Crippen molar-refractivity contribution in [3.05, 3.63) is 57.6 Å². The Morgan fingerprint density at radius 2 is 1.86 bits per heavy atom. The SMILES string of the molecule is CN([C@@H]1CCCc2c(OCC(=O)OC(C)(C)C)cccc21)S(=O)(=O)c1cc(Br)cc(C(F)(F)F)c1. The number of carbonyl (C=O) groups is 1. The number of alkyl halides is 3. The lowest BCUT2D eigenvalue weighted by Gasteiger charge is -2.33. The number of hydrogen-bond donors (Lipinski definition) is 0. The van der Waals surface area contributed by atoms with E-state index in [1.807, 2.05) is 0 Å². The van der Waals surface area contributed by atoms with Gasteiger partial charge in [-0.1, -0.05) is 28.1 Å². The Hall–Kier alpha value is -2.11. The maximum absolute atomic E-state index is 13.4. The first-order valence-corrected chi connectivity index (χ1v) is 13.1. The van der Waals surface area contributed by atoms with Crippen LogP contribution in [0.25, 0.3) is 0 Å². The lowest BCUT2D eigenvalue weighted by atomic mass is 9.87. The topological polar surface area (TPSA) is 72.9 Å². The summed E-state index contributed by atoms with van der Waals surface area (Å²) in [6.45, 7) is 4.95. The Labute approximate surface area is 211 Å². The van der Waals surface area contributed by atoms with E-state index in [9.17, 15) is 26.4 Å². The fourth-order valence-electron chi connectivity index (χ4n) is 4.02. The molecule has 0 spiro atoms. The molecule has 1 aliphatic rings. The zero-order valence-corrected chi connectivity index (χ0v) is 22.2. The van der Waals surface area contributed by atoms with Crippen LogP contribution < -0.4 is 4.74 Å². The Morgan fingerprint density at radius 1 is 1.17 bits per heavy atom. The van der Waals surface area contributed by atoms with Crippen molar-refractivity contribution in [3.63, 3.8) is 0 Å². The van der Waals surface area contributed by atoms with E-state index in [2.05, 4.69) is 15.9 Å². The van der Waals surface area contributed by atoms with Crippen LogP contribution >= 0.6 is 15.9 Å². The molecule has 2 aromatic carbocycles. The summed E-state index contributed by atoms with van der Waals surface area (Å²) in [5, 5.41) is 0. The largest absolute Gasteiger partial charge is 0.482 e. The molecular formula is C24H27BrF3NO5S. The van der Waals surface area contributed by atoms with Gasteiger partial charge in [-0.15, -0.1) is 0 Å². The summed E-state index contributed by atoms with van der Waals surface area (Å²) in [6.07, 6.45) is -2.96. The van der Waals surface area contributed by atoms with Crippen LogP contribution in [0.4, 0.5) is 13.2 Å². The quantitative estimate of drug-likeness (QED) is 0.400. The number of nitrogens with zero attached hydrogens (tertiary/aromatic N) is 1. The molecule has 0 aromatic heterocycles. The second-order valence-corrected chi connectivity index (χ2v) is 12.2. The Morgan fingerprint density at radius 3 is 2.49 bits per heavy atom. The highest BCUT2D eigenvalue weighted by molar-refractivity contribution is 9.10. The van der Waals surface area contributed by atoms with Gasteiger partial charge in [0, 0.05) is 11.5 Å². The van der Waals surface area contributed by atoms with E-state index in [0.717, 1.165) is 22.0 Å². The highest BCUT2D eigenvalue weighted by Crippen LogP contribution is 2.41. The van der Waals surface area contributed by atoms with E-state index >= 15 is 0 Å². The average molecular weight is 578 g/mol. The zero-order valence-electron chi connectivity index (χ0n) is 19.8. The van der Waals surface area contributed by atoms with Crippen LogP contribution in [0.1, 0.15) is 56.3 Å². The maximum atomic E-state index is 13.4. The maximum Gasteiger partial charge on any atom is 0.416 e. The van der Waals surface area contributed by atoms with Crippen molar-refractivity contribution in [2.24, 2.45) is 0 Å². The third kappa shape index (κ3) is 6.56. The number of ether oxygens (including phenoxy) is 2. The third-order valence-electron chi connectivity index (χ3n) is 5.51. The summed E-state index contributed by atoms with van der Waals surface area (Å²) in [5.74, 6) is -0.0806. The van der Waals surface area contributed by atoms with E-state index in [0.29, 0.717) is 36.6 Å². The van der Waals surface area contributed by atoms with Crippen molar-refractivity contribution in [2.75, 3.05) is 13.7 Å². The van der Waals surface area contributed by atoms with E-state index in [1.165, 1.54) is 7.05 Å². The summed E-state index contributed by atoms with van der Waals surface area (Å²) < 4.78 is 78.6. The molecule has 0 fully saturated rings. The van der Waals surface area contributed by atoms with Crippen LogP contribution in [0.5, 0.6) is 5.75 Å². The van der Waals surface area contributed by atoms with Gasteiger partial charge >= 0.3 is 12.1 Å². The normalized spacial score (nSPS) is 16.7. The van der Waals surface area contributed by atoms with Gasteiger partial charge in [-0.05, 0) is 75.4 Å². The summed E-state index contributed by atoms with van der Waals surface area (Å²) in [6, 6.07) is 7.19. The van der Waals surface area contributed by atoms with Gasteiger partial charge in [-0.25, -0.2) is 13.2 Å².